The molecule has 4 nitrogen and oxygen atoms in total. The van der Waals surface area contributed by atoms with E-state index < -0.39 is 10.0 Å². The van der Waals surface area contributed by atoms with E-state index in [1.54, 1.807) is 18.2 Å². The fourth-order valence-electron chi connectivity index (χ4n) is 2.97. The van der Waals surface area contributed by atoms with E-state index in [-0.39, 0.29) is 11.5 Å². The Bertz CT molecular complexity index is 872. The molecule has 1 aliphatic heterocycles. The molecule has 0 N–H and O–H groups in total. The number of benzene rings is 2. The third-order valence-electron chi connectivity index (χ3n) is 4.11. The molecule has 2 aromatic carbocycles. The molecule has 0 atom stereocenters. The van der Waals surface area contributed by atoms with Crippen molar-refractivity contribution >= 4 is 21.5 Å². The Balaban J connectivity index is 1.90. The maximum atomic E-state index is 12.8. The minimum absolute atomic E-state index is 0.00568. The summed E-state index contributed by atoms with van der Waals surface area (Å²) in [7, 11) is -3.43. The molecular weight excluding hydrogens is 310 g/mol. The number of nitrogens with zero attached hydrogens (tertiary/aromatic N) is 1. The van der Waals surface area contributed by atoms with Gasteiger partial charge in [-0.15, -0.1) is 0 Å². The highest BCUT2D eigenvalue weighted by atomic mass is 32.2. The van der Waals surface area contributed by atoms with Crippen molar-refractivity contribution in [3.63, 3.8) is 0 Å². The van der Waals surface area contributed by atoms with Gasteiger partial charge in [-0.1, -0.05) is 29.8 Å². The fraction of sp³-hybridized carbons (Fsp3) is 0.278. The van der Waals surface area contributed by atoms with Crippen LogP contribution in [0, 0.1) is 6.92 Å². The second kappa shape index (κ2) is 5.81. The molecule has 1 heterocycles. The molecule has 0 fully saturated rings. The SMILES string of the molecule is CC(=O)c1ccc2c(c1)CCN2S(=O)(=O)Cc1cccc(C)c1. The van der Waals surface area contributed by atoms with Crippen LogP contribution >= 0.6 is 0 Å². The van der Waals surface area contributed by atoms with Crippen LogP contribution in [0.4, 0.5) is 5.69 Å². The predicted molar refractivity (Wildman–Crippen MR) is 91.3 cm³/mol. The van der Waals surface area contributed by atoms with Crippen molar-refractivity contribution < 1.29 is 13.2 Å². The smallest absolute Gasteiger partial charge is 0.239 e. The topological polar surface area (TPSA) is 54.5 Å². The number of hydrogen-bond donors (Lipinski definition) is 0. The van der Waals surface area contributed by atoms with E-state index in [0.29, 0.717) is 24.2 Å². The molecule has 0 amide bonds. The molecule has 0 unspecified atom stereocenters. The molecule has 0 spiro atoms. The Morgan fingerprint density at radius 3 is 2.65 bits per heavy atom. The maximum Gasteiger partial charge on any atom is 0.239 e. The van der Waals surface area contributed by atoms with Gasteiger partial charge in [-0.2, -0.15) is 0 Å². The Morgan fingerprint density at radius 1 is 1.17 bits per heavy atom. The molecule has 3 rings (SSSR count). The molecule has 0 saturated heterocycles. The predicted octanol–water partition coefficient (Wildman–Crippen LogP) is 3.09. The number of carbonyl (C=O) groups is 1. The molecule has 23 heavy (non-hydrogen) atoms. The van der Waals surface area contributed by atoms with Crippen LogP contribution in [-0.2, 0) is 22.2 Å². The summed E-state index contributed by atoms with van der Waals surface area (Å²) in [6.45, 7) is 3.90. The molecule has 0 aromatic heterocycles. The number of aryl methyl sites for hydroxylation is 1. The Morgan fingerprint density at radius 2 is 1.96 bits per heavy atom. The van der Waals surface area contributed by atoms with E-state index in [0.717, 1.165) is 16.7 Å². The van der Waals surface area contributed by atoms with Crippen molar-refractivity contribution in [2.45, 2.75) is 26.0 Å². The zero-order chi connectivity index (χ0) is 16.6. The number of carbonyl (C=O) groups excluding carboxylic acids is 1. The van der Waals surface area contributed by atoms with Crippen molar-refractivity contribution in [2.24, 2.45) is 0 Å². The zero-order valence-electron chi connectivity index (χ0n) is 13.2. The van der Waals surface area contributed by atoms with E-state index in [9.17, 15) is 13.2 Å². The van der Waals surface area contributed by atoms with Gasteiger partial charge in [0.25, 0.3) is 0 Å². The lowest BCUT2D eigenvalue weighted by Crippen LogP contribution is -2.30. The van der Waals surface area contributed by atoms with Gasteiger partial charge in [0.1, 0.15) is 0 Å². The number of sulfonamides is 1. The van der Waals surface area contributed by atoms with E-state index in [1.807, 2.05) is 31.2 Å². The van der Waals surface area contributed by atoms with E-state index in [4.69, 9.17) is 0 Å². The van der Waals surface area contributed by atoms with E-state index >= 15 is 0 Å². The monoisotopic (exact) mass is 329 g/mol. The van der Waals surface area contributed by atoms with Crippen molar-refractivity contribution in [1.29, 1.82) is 0 Å². The second-order valence-electron chi connectivity index (χ2n) is 5.97. The van der Waals surface area contributed by atoms with Gasteiger partial charge in [0.2, 0.25) is 10.0 Å². The van der Waals surface area contributed by atoms with Crippen LogP contribution < -0.4 is 4.31 Å². The van der Waals surface area contributed by atoms with Crippen LogP contribution in [0.25, 0.3) is 0 Å². The lowest BCUT2D eigenvalue weighted by Gasteiger charge is -2.20. The summed E-state index contributed by atoms with van der Waals surface area (Å²) in [6.07, 6.45) is 0.642. The van der Waals surface area contributed by atoms with Gasteiger partial charge >= 0.3 is 0 Å². The van der Waals surface area contributed by atoms with Gasteiger partial charge in [-0.25, -0.2) is 8.42 Å². The van der Waals surface area contributed by atoms with Crippen LogP contribution in [0.3, 0.4) is 0 Å². The minimum atomic E-state index is -3.43. The van der Waals surface area contributed by atoms with Gasteiger partial charge in [0, 0.05) is 12.1 Å². The Labute approximate surface area is 136 Å². The number of anilines is 1. The fourth-order valence-corrected chi connectivity index (χ4v) is 4.57. The number of fused-ring (bicyclic) bond motifs is 1. The third-order valence-corrected chi connectivity index (χ3v) is 5.86. The summed E-state index contributed by atoms with van der Waals surface area (Å²) in [5, 5.41) is 0. The van der Waals surface area contributed by atoms with Crippen molar-refractivity contribution in [2.75, 3.05) is 10.8 Å². The standard InChI is InChI=1S/C18H19NO3S/c1-13-4-3-5-15(10-13)12-23(21,22)19-9-8-17-11-16(14(2)20)6-7-18(17)19/h3-7,10-11H,8-9,12H2,1-2H3. The molecule has 0 radical (unpaired) electrons. The first-order valence-corrected chi connectivity index (χ1v) is 9.17. The highest BCUT2D eigenvalue weighted by molar-refractivity contribution is 7.92. The number of hydrogen-bond acceptors (Lipinski definition) is 3. The normalized spacial score (nSPS) is 13.9. The van der Waals surface area contributed by atoms with E-state index in [2.05, 4.69) is 0 Å². The lowest BCUT2D eigenvalue weighted by molar-refractivity contribution is 0.101. The molecule has 0 aliphatic carbocycles. The summed E-state index contributed by atoms with van der Waals surface area (Å²) < 4.78 is 27.0. The Kier molecular flexibility index (Phi) is 3.98. The summed E-state index contributed by atoms with van der Waals surface area (Å²) >= 11 is 0. The number of Topliss-reactive ketones (excluding diaryl/α,β-unsaturated/α-hetero) is 1. The maximum absolute atomic E-state index is 12.8. The summed E-state index contributed by atoms with van der Waals surface area (Å²) in [6, 6.07) is 12.8. The van der Waals surface area contributed by atoms with Crippen LogP contribution in [0.1, 0.15) is 34.0 Å². The van der Waals surface area contributed by atoms with Gasteiger partial charge in [0.15, 0.2) is 5.78 Å². The average Bonchev–Trinajstić information content (AvgIpc) is 2.90. The molecule has 0 saturated carbocycles. The summed E-state index contributed by atoms with van der Waals surface area (Å²) in [5.74, 6) is -0.0170. The second-order valence-corrected chi connectivity index (χ2v) is 7.86. The third kappa shape index (κ3) is 3.15. The first kappa shape index (κ1) is 15.7. The van der Waals surface area contributed by atoms with Gasteiger partial charge in [-0.3, -0.25) is 9.10 Å². The van der Waals surface area contributed by atoms with E-state index in [1.165, 1.54) is 11.2 Å². The van der Waals surface area contributed by atoms with Crippen LogP contribution in [-0.4, -0.2) is 20.7 Å². The molecular formula is C18H19NO3S. The summed E-state index contributed by atoms with van der Waals surface area (Å²) in [4.78, 5) is 11.5. The average molecular weight is 329 g/mol. The van der Waals surface area contributed by atoms with Gasteiger partial charge < -0.3 is 0 Å². The first-order chi connectivity index (χ1) is 10.9. The van der Waals surface area contributed by atoms with Crippen LogP contribution in [0.2, 0.25) is 0 Å². The number of ketones is 1. The molecule has 5 heteroatoms. The Hall–Kier alpha value is -2.14. The quantitative estimate of drug-likeness (QED) is 0.810. The largest absolute Gasteiger partial charge is 0.295 e. The van der Waals surface area contributed by atoms with Crippen molar-refractivity contribution in [1.82, 2.24) is 0 Å². The summed E-state index contributed by atoms with van der Waals surface area (Å²) in [5.41, 5.74) is 4.08. The molecule has 1 aliphatic rings. The van der Waals surface area contributed by atoms with Crippen molar-refractivity contribution in [3.8, 4) is 0 Å². The highest BCUT2D eigenvalue weighted by Gasteiger charge is 2.29. The van der Waals surface area contributed by atoms with Gasteiger partial charge in [0.05, 0.1) is 11.4 Å². The minimum Gasteiger partial charge on any atom is -0.295 e. The molecule has 120 valence electrons. The number of rotatable bonds is 4. The van der Waals surface area contributed by atoms with Crippen LogP contribution in [0.15, 0.2) is 42.5 Å². The highest BCUT2D eigenvalue weighted by Crippen LogP contribution is 2.32. The first-order valence-electron chi connectivity index (χ1n) is 7.57. The molecule has 0 bridgehead atoms. The molecule has 2 aromatic rings. The zero-order valence-corrected chi connectivity index (χ0v) is 14.1. The van der Waals surface area contributed by atoms with Crippen molar-refractivity contribution in [3.05, 3.63) is 64.7 Å². The van der Waals surface area contributed by atoms with Gasteiger partial charge in [-0.05, 0) is 49.6 Å². The van der Waals surface area contributed by atoms with Crippen LogP contribution in [0.5, 0.6) is 0 Å². The lowest BCUT2D eigenvalue weighted by atomic mass is 10.1.